The maximum absolute atomic E-state index is 11.0. The lowest BCUT2D eigenvalue weighted by Gasteiger charge is -2.13. The Hall–Kier alpha value is -2.64. The molecule has 1 rings (SSSR count). The molecule has 2 N–H and O–H groups in total. The average molecular weight is 267 g/mol. The van der Waals surface area contributed by atoms with E-state index >= 15 is 0 Å². The van der Waals surface area contributed by atoms with Gasteiger partial charge in [-0.05, 0) is 6.42 Å². The zero-order chi connectivity index (χ0) is 14.4. The van der Waals surface area contributed by atoms with Crippen LogP contribution in [0, 0.1) is 10.1 Å². The Morgan fingerprint density at radius 1 is 1.74 bits per heavy atom. The van der Waals surface area contributed by atoms with Gasteiger partial charge >= 0.3 is 11.7 Å². The second-order valence-corrected chi connectivity index (χ2v) is 3.54. The van der Waals surface area contributed by atoms with E-state index in [9.17, 15) is 14.9 Å². The van der Waals surface area contributed by atoms with E-state index in [0.29, 0.717) is 0 Å². The van der Waals surface area contributed by atoms with E-state index in [1.165, 1.54) is 25.3 Å². The van der Waals surface area contributed by atoms with Gasteiger partial charge in [0.2, 0.25) is 11.7 Å². The fourth-order valence-corrected chi connectivity index (χ4v) is 1.35. The van der Waals surface area contributed by atoms with Gasteiger partial charge < -0.3 is 15.2 Å². The number of carboxylic acid groups (broad SMARTS) is 1. The van der Waals surface area contributed by atoms with Gasteiger partial charge in [-0.2, -0.15) is 4.98 Å². The van der Waals surface area contributed by atoms with Crippen molar-refractivity contribution < 1.29 is 19.6 Å². The lowest BCUT2D eigenvalue weighted by molar-refractivity contribution is -0.384. The van der Waals surface area contributed by atoms with Crippen molar-refractivity contribution in [2.45, 2.75) is 12.5 Å². The van der Waals surface area contributed by atoms with Crippen molar-refractivity contribution in [3.63, 3.8) is 0 Å². The molecule has 0 fully saturated rings. The molecule has 1 aromatic rings. The second-order valence-electron chi connectivity index (χ2n) is 3.54. The number of nitrogens with zero attached hydrogens (tertiary/aromatic N) is 2. The van der Waals surface area contributed by atoms with Gasteiger partial charge in [0, 0.05) is 12.1 Å². The lowest BCUT2D eigenvalue weighted by atomic mass is 10.2. The predicted molar refractivity (Wildman–Crippen MR) is 67.3 cm³/mol. The molecule has 0 spiro atoms. The monoisotopic (exact) mass is 267 g/mol. The molecule has 0 aliphatic rings. The van der Waals surface area contributed by atoms with Crippen molar-refractivity contribution in [1.82, 2.24) is 4.98 Å². The number of nitro groups is 1. The molecular weight excluding hydrogens is 254 g/mol. The van der Waals surface area contributed by atoms with Crippen LogP contribution >= 0.6 is 0 Å². The van der Waals surface area contributed by atoms with Crippen LogP contribution in [0.5, 0.6) is 5.88 Å². The zero-order valence-electron chi connectivity index (χ0n) is 10.2. The number of aromatic nitrogens is 1. The van der Waals surface area contributed by atoms with Gasteiger partial charge in [-0.15, -0.1) is 6.58 Å². The minimum Gasteiger partial charge on any atom is -0.481 e. The van der Waals surface area contributed by atoms with Crippen LogP contribution in [-0.2, 0) is 4.79 Å². The molecule has 19 heavy (non-hydrogen) atoms. The fraction of sp³-hybridized carbons (Fsp3) is 0.273. The molecule has 0 aromatic carbocycles. The van der Waals surface area contributed by atoms with Crippen LogP contribution in [0.25, 0.3) is 0 Å². The summed E-state index contributed by atoms with van der Waals surface area (Å²) in [5, 5.41) is 22.3. The highest BCUT2D eigenvalue weighted by atomic mass is 16.6. The molecule has 102 valence electrons. The maximum Gasteiger partial charge on any atom is 0.326 e. The zero-order valence-corrected chi connectivity index (χ0v) is 10.2. The molecule has 8 heteroatoms. The highest BCUT2D eigenvalue weighted by Crippen LogP contribution is 2.25. The number of nitrogens with one attached hydrogen (secondary N) is 1. The summed E-state index contributed by atoms with van der Waals surface area (Å²) < 4.78 is 4.85. The maximum atomic E-state index is 11.0. The van der Waals surface area contributed by atoms with Crippen LogP contribution in [-0.4, -0.2) is 34.1 Å². The first kappa shape index (κ1) is 14.4. The van der Waals surface area contributed by atoms with E-state index in [4.69, 9.17) is 9.84 Å². The summed E-state index contributed by atoms with van der Waals surface area (Å²) in [5.41, 5.74) is -0.323. The Bertz CT molecular complexity index is 503. The molecule has 1 aromatic heterocycles. The molecule has 1 heterocycles. The van der Waals surface area contributed by atoms with Crippen molar-refractivity contribution in [1.29, 1.82) is 0 Å². The van der Waals surface area contributed by atoms with Crippen LogP contribution in [0.1, 0.15) is 6.42 Å². The largest absolute Gasteiger partial charge is 0.481 e. The lowest BCUT2D eigenvalue weighted by Crippen LogP contribution is -2.29. The SMILES string of the molecule is C=CCC(Nc1nc(OC)ccc1[N+](=O)[O-])C(=O)O. The van der Waals surface area contributed by atoms with E-state index in [-0.39, 0.29) is 23.8 Å². The van der Waals surface area contributed by atoms with E-state index in [1.807, 2.05) is 0 Å². The van der Waals surface area contributed by atoms with Gasteiger partial charge in [0.25, 0.3) is 0 Å². The Labute approximate surface area is 108 Å². The van der Waals surface area contributed by atoms with Gasteiger partial charge in [-0.25, -0.2) is 4.79 Å². The number of ether oxygens (including phenoxy) is 1. The Morgan fingerprint density at radius 3 is 2.89 bits per heavy atom. The summed E-state index contributed by atoms with van der Waals surface area (Å²) in [7, 11) is 1.36. The highest BCUT2D eigenvalue weighted by Gasteiger charge is 2.22. The van der Waals surface area contributed by atoms with Gasteiger partial charge in [-0.3, -0.25) is 10.1 Å². The first-order valence-electron chi connectivity index (χ1n) is 5.29. The number of hydrogen-bond acceptors (Lipinski definition) is 6. The minimum absolute atomic E-state index is 0.103. The molecule has 0 saturated heterocycles. The summed E-state index contributed by atoms with van der Waals surface area (Å²) >= 11 is 0. The Kier molecular flexibility index (Phi) is 4.81. The topological polar surface area (TPSA) is 115 Å². The van der Waals surface area contributed by atoms with Crippen LogP contribution in [0.15, 0.2) is 24.8 Å². The smallest absolute Gasteiger partial charge is 0.326 e. The van der Waals surface area contributed by atoms with Gasteiger partial charge in [0.05, 0.1) is 12.0 Å². The summed E-state index contributed by atoms with van der Waals surface area (Å²) in [5.74, 6) is -1.16. The first-order valence-corrected chi connectivity index (χ1v) is 5.29. The number of pyridine rings is 1. The molecule has 0 bridgehead atoms. The van der Waals surface area contributed by atoms with Crippen molar-refractivity contribution in [3.05, 3.63) is 34.9 Å². The van der Waals surface area contributed by atoms with E-state index in [1.54, 1.807) is 0 Å². The predicted octanol–water partition coefficient (Wildman–Crippen LogP) is 1.44. The van der Waals surface area contributed by atoms with Crippen LogP contribution < -0.4 is 10.1 Å². The van der Waals surface area contributed by atoms with Gasteiger partial charge in [0.1, 0.15) is 6.04 Å². The number of carboxylic acids is 1. The quantitative estimate of drug-likeness (QED) is 0.436. The number of anilines is 1. The third-order valence-electron chi connectivity index (χ3n) is 2.27. The molecule has 0 aliphatic carbocycles. The summed E-state index contributed by atoms with van der Waals surface area (Å²) in [6.45, 7) is 3.43. The molecule has 0 radical (unpaired) electrons. The number of carbonyl (C=O) groups is 1. The molecular formula is C11H13N3O5. The third kappa shape index (κ3) is 3.66. The number of methoxy groups -OCH3 is 1. The first-order chi connectivity index (χ1) is 8.99. The number of rotatable bonds is 7. The van der Waals surface area contributed by atoms with E-state index in [0.717, 1.165) is 0 Å². The summed E-state index contributed by atoms with van der Waals surface area (Å²) in [6, 6.07) is 1.48. The Morgan fingerprint density at radius 2 is 2.42 bits per heavy atom. The van der Waals surface area contributed by atoms with Crippen molar-refractivity contribution in [3.8, 4) is 5.88 Å². The normalized spacial score (nSPS) is 11.4. The van der Waals surface area contributed by atoms with Crippen LogP contribution in [0.4, 0.5) is 11.5 Å². The van der Waals surface area contributed by atoms with Crippen molar-refractivity contribution >= 4 is 17.5 Å². The van der Waals surface area contributed by atoms with E-state index < -0.39 is 16.9 Å². The van der Waals surface area contributed by atoms with Crippen molar-refractivity contribution in [2.75, 3.05) is 12.4 Å². The molecule has 0 aliphatic heterocycles. The Balaban J connectivity index is 3.11. The second kappa shape index (κ2) is 6.34. The highest BCUT2D eigenvalue weighted by molar-refractivity contribution is 5.78. The van der Waals surface area contributed by atoms with E-state index in [2.05, 4.69) is 16.9 Å². The minimum atomic E-state index is -1.15. The molecule has 1 unspecified atom stereocenters. The third-order valence-corrected chi connectivity index (χ3v) is 2.27. The number of aliphatic carboxylic acids is 1. The molecule has 1 atom stereocenters. The number of hydrogen-bond donors (Lipinski definition) is 2. The fourth-order valence-electron chi connectivity index (χ4n) is 1.35. The molecule has 8 nitrogen and oxygen atoms in total. The van der Waals surface area contributed by atoms with Crippen molar-refractivity contribution in [2.24, 2.45) is 0 Å². The average Bonchev–Trinajstić information content (AvgIpc) is 2.37. The molecule has 0 amide bonds. The molecule has 0 saturated carbocycles. The summed E-state index contributed by atoms with van der Waals surface area (Å²) in [4.78, 5) is 25.0. The van der Waals surface area contributed by atoms with Gasteiger partial charge in [-0.1, -0.05) is 6.08 Å². The van der Waals surface area contributed by atoms with Gasteiger partial charge in [0.15, 0.2) is 0 Å². The summed E-state index contributed by atoms with van der Waals surface area (Å²) in [6.07, 6.45) is 1.50. The van der Waals surface area contributed by atoms with Crippen LogP contribution in [0.2, 0.25) is 0 Å². The van der Waals surface area contributed by atoms with Crippen LogP contribution in [0.3, 0.4) is 0 Å². The standard InChI is InChI=1S/C11H13N3O5/c1-3-4-7(11(15)16)12-10-8(14(17)18)5-6-9(13-10)19-2/h3,5-7H,1,4H2,2H3,(H,12,13)(H,15,16).